The summed E-state index contributed by atoms with van der Waals surface area (Å²) in [5.74, 6) is 0.866. The molecule has 158 valence electrons. The molecule has 0 spiro atoms. The smallest absolute Gasteiger partial charge is 0.165 e. The van der Waals surface area contributed by atoms with Crippen LogP contribution in [0.5, 0.6) is 0 Å². The van der Waals surface area contributed by atoms with Crippen molar-refractivity contribution in [1.82, 2.24) is 14.5 Å². The topological polar surface area (TPSA) is 30.7 Å². The van der Waals surface area contributed by atoms with Gasteiger partial charge in [0.2, 0.25) is 0 Å². The summed E-state index contributed by atoms with van der Waals surface area (Å²) < 4.78 is 2.32. The van der Waals surface area contributed by atoms with Gasteiger partial charge in [0.1, 0.15) is 5.69 Å². The molecule has 4 heteroatoms. The molecule has 0 bridgehead atoms. The maximum absolute atomic E-state index is 5.21. The van der Waals surface area contributed by atoms with Gasteiger partial charge in [0.15, 0.2) is 5.82 Å². The summed E-state index contributed by atoms with van der Waals surface area (Å²) in [7, 11) is 0. The quantitative estimate of drug-likeness (QED) is 0.267. The van der Waals surface area contributed by atoms with E-state index in [4.69, 9.17) is 9.97 Å². The summed E-state index contributed by atoms with van der Waals surface area (Å²) >= 11 is 1.86. The van der Waals surface area contributed by atoms with E-state index < -0.39 is 0 Å². The van der Waals surface area contributed by atoms with Crippen molar-refractivity contribution in [2.24, 2.45) is 0 Å². The largest absolute Gasteiger partial charge is 0.292 e. The van der Waals surface area contributed by atoms with Gasteiger partial charge in [0.05, 0.1) is 22.1 Å². The zero-order valence-corrected chi connectivity index (χ0v) is 18.9. The lowest BCUT2D eigenvalue weighted by atomic mass is 10.0. The summed E-state index contributed by atoms with van der Waals surface area (Å²) in [4.78, 5) is 12.9. The molecule has 0 unspecified atom stereocenters. The molecule has 7 aromatic rings. The lowest BCUT2D eigenvalue weighted by Gasteiger charge is -2.14. The number of para-hydroxylation sites is 2. The van der Waals surface area contributed by atoms with Crippen LogP contribution in [0.4, 0.5) is 0 Å². The third-order valence-electron chi connectivity index (χ3n) is 6.75. The Morgan fingerprint density at radius 3 is 2.09 bits per heavy atom. The van der Waals surface area contributed by atoms with Crippen LogP contribution in [0.15, 0.2) is 113 Å². The van der Waals surface area contributed by atoms with Gasteiger partial charge in [-0.15, -0.1) is 0 Å². The Bertz CT molecular complexity index is 1940. The molecule has 1 aliphatic rings. The first-order chi connectivity index (χ1) is 16.9. The van der Waals surface area contributed by atoms with Gasteiger partial charge in [-0.05, 0) is 41.8 Å². The first-order valence-corrected chi connectivity index (χ1v) is 12.2. The Balaban J connectivity index is 1.60. The van der Waals surface area contributed by atoms with Gasteiger partial charge in [-0.2, -0.15) is 0 Å². The van der Waals surface area contributed by atoms with Crippen LogP contribution in [-0.2, 0) is 0 Å². The highest BCUT2D eigenvalue weighted by atomic mass is 32.2. The Labute approximate surface area is 199 Å². The number of aromatic nitrogens is 3. The van der Waals surface area contributed by atoms with Crippen molar-refractivity contribution in [2.75, 3.05) is 0 Å². The van der Waals surface area contributed by atoms with Crippen LogP contribution in [0.2, 0.25) is 0 Å². The van der Waals surface area contributed by atoms with E-state index in [0.717, 1.165) is 28.1 Å². The van der Waals surface area contributed by atoms with E-state index in [1.807, 2.05) is 42.1 Å². The van der Waals surface area contributed by atoms with Crippen LogP contribution in [0.3, 0.4) is 0 Å². The molecule has 3 heterocycles. The highest BCUT2D eigenvalue weighted by molar-refractivity contribution is 8.00. The predicted octanol–water partition coefficient (Wildman–Crippen LogP) is 8.01. The Morgan fingerprint density at radius 1 is 0.529 bits per heavy atom. The number of hydrogen-bond acceptors (Lipinski definition) is 3. The van der Waals surface area contributed by atoms with Gasteiger partial charge in [-0.1, -0.05) is 78.5 Å². The van der Waals surface area contributed by atoms with E-state index in [0.29, 0.717) is 0 Å². The van der Waals surface area contributed by atoms with Gasteiger partial charge in [0.25, 0.3) is 0 Å². The maximum Gasteiger partial charge on any atom is 0.165 e. The number of benzene rings is 5. The number of nitrogens with zero attached hydrogens (tertiary/aromatic N) is 3. The monoisotopic (exact) mass is 451 g/mol. The highest BCUT2D eigenvalue weighted by Crippen LogP contribution is 2.50. The number of hydrogen-bond donors (Lipinski definition) is 0. The minimum Gasteiger partial charge on any atom is -0.292 e. The fraction of sp³-hybridized carbons (Fsp3) is 0. The van der Waals surface area contributed by atoms with Gasteiger partial charge in [-0.25, -0.2) is 9.97 Å². The molecule has 2 aromatic heterocycles. The molecule has 0 saturated carbocycles. The lowest BCUT2D eigenvalue weighted by molar-refractivity contribution is 1.08. The summed E-state index contributed by atoms with van der Waals surface area (Å²) in [5, 5.41) is 5.23. The minimum absolute atomic E-state index is 0.866. The van der Waals surface area contributed by atoms with E-state index >= 15 is 0 Å². The molecule has 34 heavy (non-hydrogen) atoms. The number of rotatable bonds is 2. The van der Waals surface area contributed by atoms with E-state index in [9.17, 15) is 0 Å². The molecule has 0 atom stereocenters. The lowest BCUT2D eigenvalue weighted by Crippen LogP contribution is -2.03. The standard InChI is InChI=1S/C30H17N3S/c1-2-8-19(9-3-1)29-30(32-21-12-5-4-11-20(21)31-29)33-22-13-7-15-25-27(22)28-23(33)17-16-18-10-6-14-24(34-25)26(18)28/h1-17H. The molecule has 0 saturated heterocycles. The predicted molar refractivity (Wildman–Crippen MR) is 141 cm³/mol. The number of fused-ring (bicyclic) bond motifs is 1. The summed E-state index contributed by atoms with van der Waals surface area (Å²) in [6.07, 6.45) is 0. The van der Waals surface area contributed by atoms with Crippen LogP contribution < -0.4 is 0 Å². The second kappa shape index (κ2) is 6.69. The zero-order valence-electron chi connectivity index (χ0n) is 18.1. The average Bonchev–Trinajstić information content (AvgIpc) is 3.24. The maximum atomic E-state index is 5.21. The molecular formula is C30H17N3S. The van der Waals surface area contributed by atoms with Crippen LogP contribution in [0.25, 0.3) is 60.7 Å². The van der Waals surface area contributed by atoms with Crippen LogP contribution >= 0.6 is 11.8 Å². The molecule has 1 aliphatic heterocycles. The second-order valence-electron chi connectivity index (χ2n) is 8.65. The third kappa shape index (κ3) is 2.38. The molecule has 0 N–H and O–H groups in total. The third-order valence-corrected chi connectivity index (χ3v) is 7.87. The normalized spacial score (nSPS) is 12.6. The summed E-state index contributed by atoms with van der Waals surface area (Å²) in [5.41, 5.74) is 6.10. The van der Waals surface area contributed by atoms with Crippen LogP contribution in [-0.4, -0.2) is 14.5 Å². The SMILES string of the molecule is c1ccc(-c2nc3ccccc3nc2-n2c3cccc4c3c3c5c(cccc5ccc32)S4)cc1. The van der Waals surface area contributed by atoms with Crippen LogP contribution in [0, 0.1) is 0 Å². The molecule has 0 fully saturated rings. The Hall–Kier alpha value is -4.15. The van der Waals surface area contributed by atoms with Crippen molar-refractivity contribution in [3.05, 3.63) is 103 Å². The second-order valence-corrected chi connectivity index (χ2v) is 9.74. The van der Waals surface area contributed by atoms with Gasteiger partial charge in [0, 0.05) is 31.5 Å². The minimum atomic E-state index is 0.866. The summed E-state index contributed by atoms with van der Waals surface area (Å²) in [6.45, 7) is 0. The zero-order chi connectivity index (χ0) is 22.2. The van der Waals surface area contributed by atoms with Crippen molar-refractivity contribution in [2.45, 2.75) is 9.79 Å². The Morgan fingerprint density at radius 2 is 1.24 bits per heavy atom. The molecule has 3 nitrogen and oxygen atoms in total. The van der Waals surface area contributed by atoms with Crippen molar-refractivity contribution >= 4 is 55.4 Å². The van der Waals surface area contributed by atoms with E-state index in [1.54, 1.807) is 0 Å². The highest BCUT2D eigenvalue weighted by Gasteiger charge is 2.25. The fourth-order valence-electron chi connectivity index (χ4n) is 5.31. The van der Waals surface area contributed by atoms with Crippen molar-refractivity contribution in [1.29, 1.82) is 0 Å². The van der Waals surface area contributed by atoms with Gasteiger partial charge < -0.3 is 0 Å². The molecule has 5 aromatic carbocycles. The van der Waals surface area contributed by atoms with E-state index in [1.165, 1.54) is 42.4 Å². The van der Waals surface area contributed by atoms with E-state index in [2.05, 4.69) is 77.4 Å². The molecule has 0 amide bonds. The Kier molecular flexibility index (Phi) is 3.60. The molecular weight excluding hydrogens is 434 g/mol. The van der Waals surface area contributed by atoms with E-state index in [-0.39, 0.29) is 0 Å². The summed E-state index contributed by atoms with van der Waals surface area (Å²) in [6, 6.07) is 36.2. The van der Waals surface area contributed by atoms with Gasteiger partial charge >= 0.3 is 0 Å². The van der Waals surface area contributed by atoms with Gasteiger partial charge in [-0.3, -0.25) is 4.57 Å². The fourth-order valence-corrected chi connectivity index (χ4v) is 6.47. The van der Waals surface area contributed by atoms with Crippen LogP contribution in [0.1, 0.15) is 0 Å². The molecule has 0 radical (unpaired) electrons. The first kappa shape index (κ1) is 18.3. The first-order valence-electron chi connectivity index (χ1n) is 11.4. The van der Waals surface area contributed by atoms with Crippen molar-refractivity contribution in [3.8, 4) is 17.1 Å². The van der Waals surface area contributed by atoms with Crippen molar-refractivity contribution < 1.29 is 0 Å². The molecule has 0 aliphatic carbocycles. The van der Waals surface area contributed by atoms with Crippen molar-refractivity contribution in [3.63, 3.8) is 0 Å². The molecule has 8 rings (SSSR count). The average molecular weight is 452 g/mol.